The van der Waals surface area contributed by atoms with Crippen molar-refractivity contribution < 1.29 is 8.42 Å². The summed E-state index contributed by atoms with van der Waals surface area (Å²) < 4.78 is 22.9. The molecule has 0 bridgehead atoms. The van der Waals surface area contributed by atoms with Crippen molar-refractivity contribution in [1.82, 2.24) is 0 Å². The first-order valence-corrected chi connectivity index (χ1v) is 7.21. The van der Waals surface area contributed by atoms with E-state index in [0.717, 1.165) is 21.7 Å². The molecular formula is C10H17NO2S2. The SMILES string of the molecule is Cc1sc(C)c(S(N)(=O)=O)c1CC(C)C. The zero-order chi connectivity index (χ0) is 11.8. The standard InChI is InChI=1S/C10H17NO2S2/c1-6(2)5-9-7(3)14-8(4)10(9)15(11,12)13/h6H,5H2,1-4H3,(H2,11,12,13). The van der Waals surface area contributed by atoms with Gasteiger partial charge in [-0.15, -0.1) is 11.3 Å². The summed E-state index contributed by atoms with van der Waals surface area (Å²) in [5.41, 5.74) is 0.898. The summed E-state index contributed by atoms with van der Waals surface area (Å²) in [6, 6.07) is 0. The van der Waals surface area contributed by atoms with Crippen LogP contribution in [0.25, 0.3) is 0 Å². The van der Waals surface area contributed by atoms with Gasteiger partial charge in [0.1, 0.15) is 0 Å². The number of hydrogen-bond acceptors (Lipinski definition) is 3. The zero-order valence-corrected chi connectivity index (χ0v) is 11.1. The van der Waals surface area contributed by atoms with Crippen molar-refractivity contribution in [3.8, 4) is 0 Å². The number of sulfonamides is 1. The average molecular weight is 247 g/mol. The van der Waals surface area contributed by atoms with Gasteiger partial charge >= 0.3 is 0 Å². The summed E-state index contributed by atoms with van der Waals surface area (Å²) in [7, 11) is -3.58. The Balaban J connectivity index is 3.37. The minimum absolute atomic E-state index is 0.346. The Morgan fingerprint density at radius 1 is 1.27 bits per heavy atom. The second-order valence-electron chi connectivity index (χ2n) is 4.17. The highest BCUT2D eigenvalue weighted by atomic mass is 32.2. The molecule has 0 spiro atoms. The molecule has 0 aliphatic carbocycles. The Morgan fingerprint density at radius 3 is 2.20 bits per heavy atom. The topological polar surface area (TPSA) is 60.2 Å². The predicted octanol–water partition coefficient (Wildman–Crippen LogP) is 2.21. The molecule has 0 amide bonds. The molecule has 0 fully saturated rings. The molecule has 5 heteroatoms. The van der Waals surface area contributed by atoms with E-state index < -0.39 is 10.0 Å². The van der Waals surface area contributed by atoms with Gasteiger partial charge in [-0.2, -0.15) is 0 Å². The van der Waals surface area contributed by atoms with Gasteiger partial charge < -0.3 is 0 Å². The lowest BCUT2D eigenvalue weighted by atomic mass is 10.0. The molecule has 0 saturated carbocycles. The smallest absolute Gasteiger partial charge is 0.225 e. The van der Waals surface area contributed by atoms with Gasteiger partial charge in [-0.3, -0.25) is 0 Å². The molecule has 0 aliphatic rings. The molecule has 1 aromatic rings. The van der Waals surface area contributed by atoms with Gasteiger partial charge in [0, 0.05) is 9.75 Å². The third-order valence-electron chi connectivity index (χ3n) is 2.22. The molecule has 3 nitrogen and oxygen atoms in total. The highest BCUT2D eigenvalue weighted by Crippen LogP contribution is 2.32. The van der Waals surface area contributed by atoms with Crippen LogP contribution in [0.2, 0.25) is 0 Å². The van der Waals surface area contributed by atoms with Crippen LogP contribution in [0.3, 0.4) is 0 Å². The quantitative estimate of drug-likeness (QED) is 0.890. The van der Waals surface area contributed by atoms with E-state index in [2.05, 4.69) is 13.8 Å². The monoisotopic (exact) mass is 247 g/mol. The summed E-state index contributed by atoms with van der Waals surface area (Å²) in [4.78, 5) is 2.20. The zero-order valence-electron chi connectivity index (χ0n) is 9.49. The molecule has 1 rings (SSSR count). The second-order valence-corrected chi connectivity index (χ2v) is 7.09. The van der Waals surface area contributed by atoms with Crippen LogP contribution in [0.1, 0.15) is 29.2 Å². The summed E-state index contributed by atoms with van der Waals surface area (Å²) >= 11 is 1.51. The predicted molar refractivity (Wildman–Crippen MR) is 63.7 cm³/mol. The summed E-state index contributed by atoms with van der Waals surface area (Å²) in [6.07, 6.45) is 0.766. The van der Waals surface area contributed by atoms with E-state index in [4.69, 9.17) is 5.14 Å². The first-order chi connectivity index (χ1) is 6.73. The number of thiophene rings is 1. The fourth-order valence-electron chi connectivity index (χ4n) is 1.73. The van der Waals surface area contributed by atoms with Gasteiger partial charge in [-0.25, -0.2) is 13.6 Å². The van der Waals surface area contributed by atoms with Crippen LogP contribution >= 0.6 is 11.3 Å². The van der Waals surface area contributed by atoms with Crippen LogP contribution in [0.15, 0.2) is 4.90 Å². The van der Waals surface area contributed by atoms with Gasteiger partial charge in [-0.1, -0.05) is 13.8 Å². The van der Waals surface area contributed by atoms with Gasteiger partial charge in [0.05, 0.1) is 4.90 Å². The highest BCUT2D eigenvalue weighted by molar-refractivity contribution is 7.89. The van der Waals surface area contributed by atoms with E-state index in [1.165, 1.54) is 11.3 Å². The molecule has 0 aromatic carbocycles. The lowest BCUT2D eigenvalue weighted by Gasteiger charge is -2.07. The van der Waals surface area contributed by atoms with Gasteiger partial charge in [0.25, 0.3) is 0 Å². The maximum atomic E-state index is 11.5. The van der Waals surface area contributed by atoms with Crippen molar-refractivity contribution in [1.29, 1.82) is 0 Å². The third-order valence-corrected chi connectivity index (χ3v) is 4.54. The fourth-order valence-corrected chi connectivity index (χ4v) is 4.23. The van der Waals surface area contributed by atoms with E-state index in [1.54, 1.807) is 6.92 Å². The first kappa shape index (κ1) is 12.7. The maximum absolute atomic E-state index is 11.5. The van der Waals surface area contributed by atoms with Crippen LogP contribution in [0, 0.1) is 19.8 Å². The number of hydrogen-bond donors (Lipinski definition) is 1. The molecule has 15 heavy (non-hydrogen) atoms. The minimum atomic E-state index is -3.58. The molecule has 2 N–H and O–H groups in total. The van der Waals surface area contributed by atoms with Crippen molar-refractivity contribution >= 4 is 21.4 Å². The average Bonchev–Trinajstić information content (AvgIpc) is 2.23. The molecule has 0 aliphatic heterocycles. The maximum Gasteiger partial charge on any atom is 0.239 e. The Labute approximate surface area is 95.4 Å². The van der Waals surface area contributed by atoms with Crippen molar-refractivity contribution in [3.63, 3.8) is 0 Å². The Kier molecular flexibility index (Phi) is 3.58. The number of aryl methyl sites for hydroxylation is 2. The van der Waals surface area contributed by atoms with Gasteiger partial charge in [0.2, 0.25) is 10.0 Å². The summed E-state index contributed by atoms with van der Waals surface area (Å²) in [5.74, 6) is 0.429. The normalized spacial score (nSPS) is 12.4. The van der Waals surface area contributed by atoms with E-state index >= 15 is 0 Å². The fraction of sp³-hybridized carbons (Fsp3) is 0.600. The van der Waals surface area contributed by atoms with Crippen LogP contribution in [-0.2, 0) is 16.4 Å². The van der Waals surface area contributed by atoms with Crippen molar-refractivity contribution in [2.24, 2.45) is 11.1 Å². The van der Waals surface area contributed by atoms with Crippen LogP contribution < -0.4 is 5.14 Å². The lowest BCUT2D eigenvalue weighted by Crippen LogP contribution is -2.15. The molecule has 0 radical (unpaired) electrons. The van der Waals surface area contributed by atoms with Crippen LogP contribution in [0.5, 0.6) is 0 Å². The number of rotatable bonds is 3. The number of primary sulfonamides is 1. The molecule has 1 aromatic heterocycles. The highest BCUT2D eigenvalue weighted by Gasteiger charge is 2.22. The Bertz CT molecular complexity index is 458. The largest absolute Gasteiger partial charge is 0.239 e. The Hall–Kier alpha value is -0.390. The van der Waals surface area contributed by atoms with E-state index in [9.17, 15) is 8.42 Å². The van der Waals surface area contributed by atoms with Crippen molar-refractivity contribution in [2.75, 3.05) is 0 Å². The van der Waals surface area contributed by atoms with E-state index in [-0.39, 0.29) is 0 Å². The molecule has 0 unspecified atom stereocenters. The van der Waals surface area contributed by atoms with E-state index in [1.807, 2.05) is 6.92 Å². The molecule has 1 heterocycles. The van der Waals surface area contributed by atoms with Crippen LogP contribution in [-0.4, -0.2) is 8.42 Å². The molecule has 0 saturated heterocycles. The summed E-state index contributed by atoms with van der Waals surface area (Å²) in [5, 5.41) is 5.23. The Morgan fingerprint density at radius 2 is 1.80 bits per heavy atom. The third kappa shape index (κ3) is 2.80. The van der Waals surface area contributed by atoms with Gasteiger partial charge in [0.15, 0.2) is 0 Å². The van der Waals surface area contributed by atoms with Crippen LogP contribution in [0.4, 0.5) is 0 Å². The van der Waals surface area contributed by atoms with E-state index in [0.29, 0.717) is 10.8 Å². The second kappa shape index (κ2) is 4.23. The lowest BCUT2D eigenvalue weighted by molar-refractivity contribution is 0.592. The summed E-state index contributed by atoms with van der Waals surface area (Å²) in [6.45, 7) is 7.89. The van der Waals surface area contributed by atoms with Gasteiger partial charge in [-0.05, 0) is 31.7 Å². The number of nitrogens with two attached hydrogens (primary N) is 1. The first-order valence-electron chi connectivity index (χ1n) is 4.85. The van der Waals surface area contributed by atoms with Crippen molar-refractivity contribution in [3.05, 3.63) is 15.3 Å². The van der Waals surface area contributed by atoms with Crippen molar-refractivity contribution in [2.45, 2.75) is 39.0 Å². The molecule has 86 valence electrons. The molecular weight excluding hydrogens is 230 g/mol. The minimum Gasteiger partial charge on any atom is -0.225 e. The molecule has 0 atom stereocenters.